The summed E-state index contributed by atoms with van der Waals surface area (Å²) in [6.07, 6.45) is 1.71. The number of fused-ring (bicyclic) bond motifs is 1. The highest BCUT2D eigenvalue weighted by molar-refractivity contribution is 5.93. The number of hydrogen-bond donors (Lipinski definition) is 0. The molecule has 0 saturated heterocycles. The third-order valence-corrected chi connectivity index (χ3v) is 3.41. The fourth-order valence-electron chi connectivity index (χ4n) is 2.22. The molecule has 2 aromatic rings. The number of pyridine rings is 1. The highest BCUT2D eigenvalue weighted by Gasteiger charge is 2.21. The molecule has 1 unspecified atom stereocenters. The van der Waals surface area contributed by atoms with Crippen molar-refractivity contribution in [2.75, 3.05) is 20.7 Å². The summed E-state index contributed by atoms with van der Waals surface area (Å²) in [7, 11) is 2.99. The molecule has 1 atom stereocenters. The Morgan fingerprint density at radius 1 is 1.43 bits per heavy atom. The van der Waals surface area contributed by atoms with E-state index in [1.54, 1.807) is 20.2 Å². The smallest absolute Gasteiger partial charge is 0.310 e. The molecule has 6 nitrogen and oxygen atoms in total. The van der Waals surface area contributed by atoms with Crippen LogP contribution in [0.1, 0.15) is 23.1 Å². The molecule has 2 aromatic heterocycles. The minimum atomic E-state index is -0.372. The lowest BCUT2D eigenvalue weighted by molar-refractivity contribution is -0.145. The number of amides is 1. The van der Waals surface area contributed by atoms with Crippen LogP contribution in [0.2, 0.25) is 0 Å². The third kappa shape index (κ3) is 3.04. The van der Waals surface area contributed by atoms with Crippen LogP contribution >= 0.6 is 0 Å². The first kappa shape index (κ1) is 15.0. The van der Waals surface area contributed by atoms with Crippen LogP contribution in [0.5, 0.6) is 0 Å². The van der Waals surface area contributed by atoms with E-state index in [9.17, 15) is 9.59 Å². The van der Waals surface area contributed by atoms with E-state index in [0.717, 1.165) is 11.3 Å². The number of esters is 1. The van der Waals surface area contributed by atoms with Crippen molar-refractivity contribution in [1.29, 1.82) is 0 Å². The topological polar surface area (TPSA) is 63.9 Å². The Labute approximate surface area is 123 Å². The van der Waals surface area contributed by atoms with Crippen LogP contribution in [-0.2, 0) is 9.53 Å². The van der Waals surface area contributed by atoms with Crippen molar-refractivity contribution in [1.82, 2.24) is 14.3 Å². The van der Waals surface area contributed by atoms with E-state index in [4.69, 9.17) is 0 Å². The molecule has 0 saturated carbocycles. The quantitative estimate of drug-likeness (QED) is 0.801. The average molecular weight is 289 g/mol. The van der Waals surface area contributed by atoms with E-state index in [1.807, 2.05) is 29.5 Å². The monoisotopic (exact) mass is 289 g/mol. The molecular formula is C15H19N3O3. The zero-order valence-corrected chi connectivity index (χ0v) is 12.7. The van der Waals surface area contributed by atoms with Gasteiger partial charge in [-0.05, 0) is 19.1 Å². The molecule has 2 heterocycles. The van der Waals surface area contributed by atoms with Gasteiger partial charge in [0, 0.05) is 25.5 Å². The summed E-state index contributed by atoms with van der Waals surface area (Å²) in [5.41, 5.74) is 2.10. The van der Waals surface area contributed by atoms with Crippen LogP contribution in [-0.4, -0.2) is 46.9 Å². The summed E-state index contributed by atoms with van der Waals surface area (Å²) in [5, 5.41) is 0. The number of methoxy groups -OCH3 is 1. The summed E-state index contributed by atoms with van der Waals surface area (Å²) >= 11 is 0. The van der Waals surface area contributed by atoms with E-state index < -0.39 is 0 Å². The van der Waals surface area contributed by atoms with Gasteiger partial charge in [-0.15, -0.1) is 0 Å². The van der Waals surface area contributed by atoms with E-state index >= 15 is 0 Å². The van der Waals surface area contributed by atoms with Gasteiger partial charge in [0.2, 0.25) is 0 Å². The van der Waals surface area contributed by atoms with E-state index in [-0.39, 0.29) is 17.8 Å². The molecule has 6 heteroatoms. The molecule has 112 valence electrons. The molecule has 0 aliphatic rings. The predicted octanol–water partition coefficient (Wildman–Crippen LogP) is 1.52. The summed E-state index contributed by atoms with van der Waals surface area (Å²) < 4.78 is 6.53. The number of carbonyl (C=O) groups excluding carboxylic acids is 2. The maximum Gasteiger partial charge on any atom is 0.310 e. The zero-order chi connectivity index (χ0) is 15.6. The molecule has 0 aliphatic carbocycles. The number of ether oxygens (including phenoxy) is 1. The Hall–Kier alpha value is -2.37. The maximum absolute atomic E-state index is 12.4. The molecule has 0 radical (unpaired) electrons. The lowest BCUT2D eigenvalue weighted by atomic mass is 10.1. The standard InChI is InChI=1S/C15H19N3O3/c1-10(15(20)21-4)8-17(3)14(19)12-9-18-11(2)6-5-7-13(18)16-12/h5-7,9-10H,8H2,1-4H3. The van der Waals surface area contributed by atoms with Gasteiger partial charge in [-0.2, -0.15) is 0 Å². The molecule has 0 spiro atoms. The first-order valence-corrected chi connectivity index (χ1v) is 6.72. The van der Waals surface area contributed by atoms with Gasteiger partial charge in [-0.3, -0.25) is 9.59 Å². The molecule has 1 amide bonds. The average Bonchev–Trinajstić information content (AvgIpc) is 2.90. The van der Waals surface area contributed by atoms with Crippen LogP contribution in [0.25, 0.3) is 5.65 Å². The van der Waals surface area contributed by atoms with Gasteiger partial charge in [0.25, 0.3) is 5.91 Å². The summed E-state index contributed by atoms with van der Waals surface area (Å²) in [5.74, 6) is -0.919. The number of hydrogen-bond acceptors (Lipinski definition) is 4. The lowest BCUT2D eigenvalue weighted by Gasteiger charge is -2.19. The van der Waals surface area contributed by atoms with Crippen LogP contribution < -0.4 is 0 Å². The Balaban J connectivity index is 2.18. The minimum Gasteiger partial charge on any atom is -0.469 e. The van der Waals surface area contributed by atoms with Gasteiger partial charge in [-0.1, -0.05) is 13.0 Å². The van der Waals surface area contributed by atoms with Gasteiger partial charge in [0.1, 0.15) is 11.3 Å². The van der Waals surface area contributed by atoms with E-state index in [1.165, 1.54) is 12.0 Å². The lowest BCUT2D eigenvalue weighted by Crippen LogP contribution is -2.34. The van der Waals surface area contributed by atoms with Crippen molar-refractivity contribution >= 4 is 17.5 Å². The highest BCUT2D eigenvalue weighted by Crippen LogP contribution is 2.11. The fraction of sp³-hybridized carbons (Fsp3) is 0.400. The second kappa shape index (κ2) is 5.95. The van der Waals surface area contributed by atoms with Crippen molar-refractivity contribution in [2.45, 2.75) is 13.8 Å². The van der Waals surface area contributed by atoms with Gasteiger partial charge < -0.3 is 14.0 Å². The number of carbonyl (C=O) groups is 2. The normalized spacial score (nSPS) is 12.2. The Bertz CT molecular complexity index is 678. The fourth-order valence-corrected chi connectivity index (χ4v) is 2.22. The highest BCUT2D eigenvalue weighted by atomic mass is 16.5. The first-order valence-electron chi connectivity index (χ1n) is 6.72. The van der Waals surface area contributed by atoms with Crippen LogP contribution in [0.15, 0.2) is 24.4 Å². The van der Waals surface area contributed by atoms with Crippen LogP contribution in [0.3, 0.4) is 0 Å². The van der Waals surface area contributed by atoms with Crippen LogP contribution in [0, 0.1) is 12.8 Å². The van der Waals surface area contributed by atoms with Crippen molar-refractivity contribution in [2.24, 2.45) is 5.92 Å². The predicted molar refractivity (Wildman–Crippen MR) is 78.1 cm³/mol. The molecule has 21 heavy (non-hydrogen) atoms. The third-order valence-electron chi connectivity index (χ3n) is 3.41. The number of rotatable bonds is 4. The van der Waals surface area contributed by atoms with Crippen molar-refractivity contribution in [3.8, 4) is 0 Å². The number of imidazole rings is 1. The molecular weight excluding hydrogens is 270 g/mol. The molecule has 2 rings (SSSR count). The second-order valence-electron chi connectivity index (χ2n) is 5.13. The van der Waals surface area contributed by atoms with Gasteiger partial charge in [0.05, 0.1) is 13.0 Å². The molecule has 0 aromatic carbocycles. The zero-order valence-electron chi connectivity index (χ0n) is 12.7. The van der Waals surface area contributed by atoms with Crippen molar-refractivity contribution < 1.29 is 14.3 Å². The van der Waals surface area contributed by atoms with E-state index in [0.29, 0.717) is 12.2 Å². The van der Waals surface area contributed by atoms with Crippen molar-refractivity contribution in [3.63, 3.8) is 0 Å². The van der Waals surface area contributed by atoms with Gasteiger partial charge in [0.15, 0.2) is 0 Å². The Morgan fingerprint density at radius 2 is 2.14 bits per heavy atom. The summed E-state index contributed by atoms with van der Waals surface area (Å²) in [4.78, 5) is 29.6. The summed E-state index contributed by atoms with van der Waals surface area (Å²) in [6.45, 7) is 3.97. The number of nitrogens with zero attached hydrogens (tertiary/aromatic N) is 3. The SMILES string of the molecule is COC(=O)C(C)CN(C)C(=O)c1cn2c(C)cccc2n1. The first-order chi connectivity index (χ1) is 9.93. The molecule has 0 fully saturated rings. The molecule has 0 bridgehead atoms. The van der Waals surface area contributed by atoms with E-state index in [2.05, 4.69) is 9.72 Å². The number of aryl methyl sites for hydroxylation is 1. The Kier molecular flexibility index (Phi) is 4.26. The largest absolute Gasteiger partial charge is 0.469 e. The molecule has 0 aliphatic heterocycles. The van der Waals surface area contributed by atoms with Gasteiger partial charge in [-0.25, -0.2) is 4.98 Å². The minimum absolute atomic E-state index is 0.214. The second-order valence-corrected chi connectivity index (χ2v) is 5.13. The Morgan fingerprint density at radius 3 is 2.76 bits per heavy atom. The molecule has 0 N–H and O–H groups in total. The van der Waals surface area contributed by atoms with Gasteiger partial charge >= 0.3 is 5.97 Å². The van der Waals surface area contributed by atoms with Crippen molar-refractivity contribution in [3.05, 3.63) is 35.8 Å². The maximum atomic E-state index is 12.4. The number of aromatic nitrogens is 2. The summed E-state index contributed by atoms with van der Waals surface area (Å²) in [6, 6.07) is 5.70. The van der Waals surface area contributed by atoms with Crippen LogP contribution in [0.4, 0.5) is 0 Å².